The number of carbonyl (C=O) groups excluding carboxylic acids is 2. The largest absolute Gasteiger partial charge is 0.445 e. The third-order valence-electron chi connectivity index (χ3n) is 5.44. The van der Waals surface area contributed by atoms with Crippen molar-refractivity contribution >= 4 is 22.0 Å². The third kappa shape index (κ3) is 5.46. The molecule has 2 aromatic rings. The van der Waals surface area contributed by atoms with Gasteiger partial charge in [-0.15, -0.1) is 0 Å². The molecule has 1 aromatic heterocycles. The molecule has 1 aromatic carbocycles. The van der Waals surface area contributed by atoms with Gasteiger partial charge < -0.3 is 15.0 Å². The quantitative estimate of drug-likeness (QED) is 0.688. The molecule has 10 nitrogen and oxygen atoms in total. The number of sulfonamides is 1. The number of hydrogen-bond donors (Lipinski definition) is 1. The van der Waals surface area contributed by atoms with Crippen molar-refractivity contribution in [3.63, 3.8) is 0 Å². The maximum absolute atomic E-state index is 13.2. The number of carbonyl (C=O) groups is 2. The smallest absolute Gasteiger partial charge is 0.407 e. The highest BCUT2D eigenvalue weighted by Gasteiger charge is 2.32. The highest BCUT2D eigenvalue weighted by molar-refractivity contribution is 7.89. The van der Waals surface area contributed by atoms with Gasteiger partial charge in [-0.3, -0.25) is 9.48 Å². The van der Waals surface area contributed by atoms with Crippen LogP contribution in [0.2, 0.25) is 0 Å². The molecule has 1 N–H and O–H groups in total. The number of alkyl carbamates (subject to hydrolysis) is 1. The van der Waals surface area contributed by atoms with Gasteiger partial charge in [0.05, 0.1) is 11.4 Å². The third-order valence-corrected chi connectivity index (χ3v) is 7.60. The minimum absolute atomic E-state index is 0.116. The van der Waals surface area contributed by atoms with E-state index in [1.54, 1.807) is 30.5 Å². The molecule has 0 saturated carbocycles. The fraction of sp³-hybridized carbons (Fsp3) is 0.476. The number of rotatable bonds is 6. The van der Waals surface area contributed by atoms with Crippen molar-refractivity contribution in [2.75, 3.05) is 32.7 Å². The molecule has 1 saturated heterocycles. The molecular weight excluding hydrogens is 434 g/mol. The first-order chi connectivity index (χ1) is 15.2. The van der Waals surface area contributed by atoms with E-state index < -0.39 is 16.1 Å². The lowest BCUT2D eigenvalue weighted by molar-refractivity contribution is -0.130. The standard InChI is InChI=1S/C21H29N5O5S/c1-16-20(17(2)24(3)23-16)32(29,30)26-11-7-10-25(12-13-26)19(27)14-22-21(28)31-15-18-8-5-4-6-9-18/h4-6,8-9H,7,10-15H2,1-3H3,(H,22,28). The van der Waals surface area contributed by atoms with Gasteiger partial charge in [-0.2, -0.15) is 9.40 Å². The lowest BCUT2D eigenvalue weighted by Gasteiger charge is -2.22. The highest BCUT2D eigenvalue weighted by Crippen LogP contribution is 2.24. The van der Waals surface area contributed by atoms with Crippen LogP contribution in [0.25, 0.3) is 0 Å². The highest BCUT2D eigenvalue weighted by atomic mass is 32.2. The predicted octanol–water partition coefficient (Wildman–Crippen LogP) is 1.19. The summed E-state index contributed by atoms with van der Waals surface area (Å²) in [5.41, 5.74) is 1.89. The summed E-state index contributed by atoms with van der Waals surface area (Å²) in [5, 5.41) is 6.67. The van der Waals surface area contributed by atoms with Crippen LogP contribution in [0.15, 0.2) is 35.2 Å². The zero-order valence-electron chi connectivity index (χ0n) is 18.6. The molecule has 0 atom stereocenters. The van der Waals surface area contributed by atoms with Gasteiger partial charge in [-0.25, -0.2) is 13.2 Å². The maximum Gasteiger partial charge on any atom is 0.407 e. The molecule has 0 radical (unpaired) electrons. The molecule has 174 valence electrons. The van der Waals surface area contributed by atoms with Crippen LogP contribution in [0.5, 0.6) is 0 Å². The number of hydrogen-bond acceptors (Lipinski definition) is 6. The minimum atomic E-state index is -3.71. The fourth-order valence-corrected chi connectivity index (χ4v) is 5.54. The normalized spacial score (nSPS) is 15.3. The monoisotopic (exact) mass is 463 g/mol. The molecule has 1 aliphatic heterocycles. The van der Waals surface area contributed by atoms with E-state index in [9.17, 15) is 18.0 Å². The van der Waals surface area contributed by atoms with Gasteiger partial charge in [0.1, 0.15) is 18.0 Å². The van der Waals surface area contributed by atoms with E-state index in [1.165, 1.54) is 4.31 Å². The average molecular weight is 464 g/mol. The molecule has 2 heterocycles. The first-order valence-electron chi connectivity index (χ1n) is 10.4. The fourth-order valence-electron chi connectivity index (χ4n) is 3.67. The van der Waals surface area contributed by atoms with Gasteiger partial charge in [0.25, 0.3) is 0 Å². The second-order valence-electron chi connectivity index (χ2n) is 7.68. The molecule has 1 aliphatic rings. The second kappa shape index (κ2) is 10.1. The van der Waals surface area contributed by atoms with Gasteiger partial charge in [-0.05, 0) is 25.8 Å². The Labute approximate surface area is 188 Å². The number of nitrogens with one attached hydrogen (secondary N) is 1. The van der Waals surface area contributed by atoms with E-state index in [-0.39, 0.29) is 37.0 Å². The van der Waals surface area contributed by atoms with Crippen LogP contribution in [0.4, 0.5) is 4.79 Å². The van der Waals surface area contributed by atoms with Crippen LogP contribution < -0.4 is 5.32 Å². The maximum atomic E-state index is 13.2. The lowest BCUT2D eigenvalue weighted by Crippen LogP contribution is -2.42. The second-order valence-corrected chi connectivity index (χ2v) is 9.55. The zero-order valence-corrected chi connectivity index (χ0v) is 19.4. The lowest BCUT2D eigenvalue weighted by atomic mass is 10.2. The van der Waals surface area contributed by atoms with Crippen molar-refractivity contribution in [3.8, 4) is 0 Å². The van der Waals surface area contributed by atoms with E-state index in [1.807, 2.05) is 30.3 Å². The molecule has 32 heavy (non-hydrogen) atoms. The average Bonchev–Trinajstić information content (AvgIpc) is 2.93. The Kier molecular flexibility index (Phi) is 7.52. The topological polar surface area (TPSA) is 114 Å². The number of aryl methyl sites for hydroxylation is 2. The molecular formula is C21H29N5O5S. The van der Waals surface area contributed by atoms with Crippen molar-refractivity contribution in [2.24, 2.45) is 7.05 Å². The Hall–Kier alpha value is -2.92. The van der Waals surface area contributed by atoms with Gasteiger partial charge in [0.15, 0.2) is 0 Å². The van der Waals surface area contributed by atoms with Crippen molar-refractivity contribution in [3.05, 3.63) is 47.3 Å². The summed E-state index contributed by atoms with van der Waals surface area (Å²) in [6.45, 7) is 4.46. The zero-order chi connectivity index (χ0) is 23.3. The molecule has 0 unspecified atom stereocenters. The number of aromatic nitrogens is 2. The summed E-state index contributed by atoms with van der Waals surface area (Å²) in [6.07, 6.45) is -0.175. The van der Waals surface area contributed by atoms with Crippen LogP contribution in [0, 0.1) is 13.8 Å². The summed E-state index contributed by atoms with van der Waals surface area (Å²) >= 11 is 0. The molecule has 0 bridgehead atoms. The SMILES string of the molecule is Cc1nn(C)c(C)c1S(=O)(=O)N1CCCN(C(=O)CNC(=O)OCc2ccccc2)CC1. The van der Waals surface area contributed by atoms with E-state index in [2.05, 4.69) is 10.4 Å². The van der Waals surface area contributed by atoms with E-state index in [0.717, 1.165) is 5.56 Å². The first-order valence-corrected chi connectivity index (χ1v) is 11.9. The van der Waals surface area contributed by atoms with E-state index in [0.29, 0.717) is 30.9 Å². The molecule has 11 heteroatoms. The van der Waals surface area contributed by atoms with E-state index >= 15 is 0 Å². The molecule has 0 spiro atoms. The van der Waals surface area contributed by atoms with Crippen molar-refractivity contribution in [1.29, 1.82) is 0 Å². The Bertz CT molecular complexity index is 1070. The van der Waals surface area contributed by atoms with Crippen LogP contribution >= 0.6 is 0 Å². The van der Waals surface area contributed by atoms with Gasteiger partial charge in [-0.1, -0.05) is 30.3 Å². The Morgan fingerprint density at radius 1 is 1.09 bits per heavy atom. The van der Waals surface area contributed by atoms with Gasteiger partial charge >= 0.3 is 6.09 Å². The first kappa shape index (κ1) is 23.7. The number of amides is 2. The van der Waals surface area contributed by atoms with Crippen molar-refractivity contribution in [2.45, 2.75) is 31.8 Å². The Balaban J connectivity index is 1.52. The molecule has 1 fully saturated rings. The summed E-state index contributed by atoms with van der Waals surface area (Å²) in [5.74, 6) is -0.283. The Morgan fingerprint density at radius 3 is 2.47 bits per heavy atom. The van der Waals surface area contributed by atoms with Crippen molar-refractivity contribution in [1.82, 2.24) is 24.3 Å². The predicted molar refractivity (Wildman–Crippen MR) is 117 cm³/mol. The number of ether oxygens (including phenoxy) is 1. The van der Waals surface area contributed by atoms with Crippen molar-refractivity contribution < 1.29 is 22.7 Å². The summed E-state index contributed by atoms with van der Waals surface area (Å²) in [4.78, 5) is 26.2. The van der Waals surface area contributed by atoms with Gasteiger partial charge in [0.2, 0.25) is 15.9 Å². The van der Waals surface area contributed by atoms with E-state index in [4.69, 9.17) is 4.74 Å². The van der Waals surface area contributed by atoms with Crippen LogP contribution in [-0.2, 0) is 33.2 Å². The molecule has 3 rings (SSSR count). The minimum Gasteiger partial charge on any atom is -0.445 e. The van der Waals surface area contributed by atoms with Gasteiger partial charge in [0, 0.05) is 33.2 Å². The Morgan fingerprint density at radius 2 is 1.81 bits per heavy atom. The number of nitrogens with zero attached hydrogens (tertiary/aromatic N) is 4. The van der Waals surface area contributed by atoms with Crippen LogP contribution in [0.3, 0.4) is 0 Å². The number of benzene rings is 1. The summed E-state index contributed by atoms with van der Waals surface area (Å²) in [6, 6.07) is 9.24. The summed E-state index contributed by atoms with van der Waals surface area (Å²) < 4.78 is 34.4. The molecule has 0 aliphatic carbocycles. The molecule has 2 amide bonds. The van der Waals surface area contributed by atoms with Crippen LogP contribution in [0.1, 0.15) is 23.4 Å². The van der Waals surface area contributed by atoms with Crippen LogP contribution in [-0.4, -0.2) is 72.1 Å². The summed E-state index contributed by atoms with van der Waals surface area (Å²) in [7, 11) is -2.00.